The van der Waals surface area contributed by atoms with Crippen LogP contribution in [0.1, 0.15) is 0 Å². The van der Waals surface area contributed by atoms with Gasteiger partial charge in [-0.3, -0.25) is 0 Å². The van der Waals surface area contributed by atoms with Crippen LogP contribution in [0.15, 0.2) is 0 Å². The fourth-order valence-electron chi connectivity index (χ4n) is 1.37. The Morgan fingerprint density at radius 3 is 1.88 bits per heavy atom. The van der Waals surface area contributed by atoms with Crippen LogP contribution in [-0.4, -0.2) is 49.1 Å². The molecule has 1 heterocycles. The van der Waals surface area contributed by atoms with Crippen molar-refractivity contribution in [3.63, 3.8) is 0 Å². The molecule has 0 unspecified atom stereocenters. The topological polar surface area (TPSA) is 0 Å². The Morgan fingerprint density at radius 2 is 1.62 bits per heavy atom. The van der Waals surface area contributed by atoms with Gasteiger partial charge in [-0.15, -0.1) is 0 Å². The summed E-state index contributed by atoms with van der Waals surface area (Å²) in [6, 6.07) is 0. The molecule has 1 nitrogen and oxygen atoms in total. The second-order valence-corrected chi connectivity index (χ2v) is 7.89. The Hall–Kier alpha value is 0.596. The summed E-state index contributed by atoms with van der Waals surface area (Å²) < 4.78 is 1.30. The Bertz CT molecular complexity index is 72.6. The molecule has 1 fully saturated rings. The molecule has 1 aliphatic rings. The fourth-order valence-corrected chi connectivity index (χ4v) is 6.64. The summed E-state index contributed by atoms with van der Waals surface area (Å²) in [4.78, 5) is 3.25. The van der Waals surface area contributed by atoms with Crippen molar-refractivity contribution in [3.05, 3.63) is 0 Å². The van der Waals surface area contributed by atoms with E-state index in [4.69, 9.17) is 0 Å². The van der Waals surface area contributed by atoms with Crippen molar-refractivity contribution in [1.82, 2.24) is 0 Å². The van der Waals surface area contributed by atoms with Crippen LogP contribution in [0.25, 0.3) is 0 Å². The Kier molecular flexibility index (Phi) is 2.06. The van der Waals surface area contributed by atoms with Gasteiger partial charge in [-0.2, -0.15) is 0 Å². The summed E-state index contributed by atoms with van der Waals surface area (Å²) >= 11 is 0.0615. The Morgan fingerprint density at radius 1 is 1.12 bits per heavy atom. The van der Waals surface area contributed by atoms with Crippen molar-refractivity contribution in [2.75, 3.05) is 27.2 Å². The molecule has 1 saturated heterocycles. The average Bonchev–Trinajstić information content (AvgIpc) is 1.65. The monoisotopic (exact) mass is 170 g/mol. The van der Waals surface area contributed by atoms with E-state index in [1.165, 1.54) is 17.6 Å². The minimum absolute atomic E-state index is 0.0615. The second kappa shape index (κ2) is 2.46. The van der Waals surface area contributed by atoms with Gasteiger partial charge in [0, 0.05) is 0 Å². The van der Waals surface area contributed by atoms with Crippen molar-refractivity contribution in [3.8, 4) is 0 Å². The third kappa shape index (κ3) is 1.84. The molecule has 1 rings (SSSR count). The molecule has 0 N–H and O–H groups in total. The van der Waals surface area contributed by atoms with E-state index in [9.17, 15) is 0 Å². The van der Waals surface area contributed by atoms with Gasteiger partial charge in [-0.1, -0.05) is 0 Å². The molecule has 0 amide bonds. The normalized spacial score (nSPS) is 26.8. The molecule has 0 spiro atoms. The van der Waals surface area contributed by atoms with Gasteiger partial charge in [0.15, 0.2) is 0 Å². The zero-order chi connectivity index (χ0) is 6.04. The van der Waals surface area contributed by atoms with Gasteiger partial charge >= 0.3 is 59.0 Å². The van der Waals surface area contributed by atoms with Crippen molar-refractivity contribution in [2.45, 2.75) is 9.95 Å². The molecule has 0 aromatic heterocycles. The summed E-state index contributed by atoms with van der Waals surface area (Å²) in [6.07, 6.45) is 0. The van der Waals surface area contributed by atoms with Crippen LogP contribution in [0.4, 0.5) is 0 Å². The van der Waals surface area contributed by atoms with Crippen LogP contribution in [0.2, 0.25) is 9.95 Å². The van der Waals surface area contributed by atoms with Crippen LogP contribution in [-0.2, 0) is 0 Å². The number of nitrogens with zero attached hydrogens (tertiary/aromatic N) is 1. The van der Waals surface area contributed by atoms with Crippen molar-refractivity contribution in [1.29, 1.82) is 0 Å². The average molecular weight is 171 g/mol. The number of quaternary nitrogens is 1. The first-order valence-corrected chi connectivity index (χ1v) is 7.72. The SMILES string of the molecule is C[N+]1(C)C[CH2][GaH][CH2]C1. The number of hydrogen-bond donors (Lipinski definition) is 0. The van der Waals surface area contributed by atoms with Crippen molar-refractivity contribution >= 4 is 17.4 Å². The third-order valence-electron chi connectivity index (χ3n) is 2.03. The van der Waals surface area contributed by atoms with Crippen LogP contribution in [0, 0.1) is 0 Å². The minimum atomic E-state index is 0.0615. The molecule has 46 valence electrons. The van der Waals surface area contributed by atoms with Gasteiger partial charge in [0.25, 0.3) is 0 Å². The summed E-state index contributed by atoms with van der Waals surface area (Å²) in [7, 11) is 4.70. The van der Waals surface area contributed by atoms with Gasteiger partial charge in [-0.25, -0.2) is 0 Å². The first-order valence-electron chi connectivity index (χ1n) is 3.53. The molecular weight excluding hydrogens is 156 g/mol. The maximum atomic E-state index is 2.35. The van der Waals surface area contributed by atoms with Crippen LogP contribution < -0.4 is 0 Å². The Labute approximate surface area is 59.4 Å². The third-order valence-corrected chi connectivity index (χ3v) is 5.45. The number of rotatable bonds is 0. The molecule has 0 bridgehead atoms. The Balaban J connectivity index is 2.33. The van der Waals surface area contributed by atoms with Crippen molar-refractivity contribution < 1.29 is 4.48 Å². The summed E-state index contributed by atoms with van der Waals surface area (Å²) in [5.41, 5.74) is 0. The van der Waals surface area contributed by atoms with E-state index in [0.29, 0.717) is 0 Å². The van der Waals surface area contributed by atoms with E-state index in [2.05, 4.69) is 14.1 Å². The first-order chi connectivity index (χ1) is 3.71. The van der Waals surface area contributed by atoms with E-state index in [0.717, 1.165) is 0 Å². The summed E-state index contributed by atoms with van der Waals surface area (Å²) in [6.45, 7) is 2.94. The predicted octanol–water partition coefficient (Wildman–Crippen LogP) is 0.349. The second-order valence-electron chi connectivity index (χ2n) is 3.44. The zero-order valence-corrected chi connectivity index (χ0v) is 8.95. The molecule has 0 radical (unpaired) electrons. The van der Waals surface area contributed by atoms with Crippen LogP contribution in [0.3, 0.4) is 0 Å². The summed E-state index contributed by atoms with van der Waals surface area (Å²) in [5, 5.41) is 0. The van der Waals surface area contributed by atoms with E-state index in [1.807, 2.05) is 0 Å². The predicted molar refractivity (Wildman–Crippen MR) is 38.6 cm³/mol. The molecule has 0 atom stereocenters. The van der Waals surface area contributed by atoms with Gasteiger partial charge in [0.1, 0.15) is 0 Å². The standard InChI is InChI=1S/C6H14N.Ga.H/c1-5-7(3,4)6-2;;/h1-2,5-6H2,3-4H3;;/q+1;;. The van der Waals surface area contributed by atoms with Crippen molar-refractivity contribution in [2.24, 2.45) is 0 Å². The molecule has 1 aliphatic heterocycles. The molecule has 2 heteroatoms. The fraction of sp³-hybridized carbons (Fsp3) is 1.00. The summed E-state index contributed by atoms with van der Waals surface area (Å²) in [5.74, 6) is 0. The van der Waals surface area contributed by atoms with Gasteiger partial charge in [0.2, 0.25) is 0 Å². The van der Waals surface area contributed by atoms with Gasteiger partial charge < -0.3 is 0 Å². The number of hydrogen-bond acceptors (Lipinski definition) is 0. The molecule has 0 aliphatic carbocycles. The van der Waals surface area contributed by atoms with E-state index >= 15 is 0 Å². The molecule has 8 heavy (non-hydrogen) atoms. The van der Waals surface area contributed by atoms with E-state index < -0.39 is 0 Å². The van der Waals surface area contributed by atoms with Gasteiger partial charge in [-0.05, 0) is 0 Å². The van der Waals surface area contributed by atoms with E-state index in [-0.39, 0.29) is 17.4 Å². The molecular formula is C6H15GaN+. The maximum absolute atomic E-state index is 2.35. The van der Waals surface area contributed by atoms with Crippen LogP contribution >= 0.6 is 0 Å². The zero-order valence-electron chi connectivity index (χ0n) is 5.98. The van der Waals surface area contributed by atoms with Gasteiger partial charge in [0.05, 0.1) is 0 Å². The molecule has 0 saturated carbocycles. The van der Waals surface area contributed by atoms with Crippen LogP contribution in [0.5, 0.6) is 0 Å². The first kappa shape index (κ1) is 6.71. The quantitative estimate of drug-likeness (QED) is 0.364. The molecule has 0 aromatic rings. The molecule has 0 aromatic carbocycles. The van der Waals surface area contributed by atoms with E-state index in [1.54, 1.807) is 9.95 Å².